The monoisotopic (exact) mass is 443 g/mol. The lowest BCUT2D eigenvalue weighted by atomic mass is 9.78. The first-order valence-electron chi connectivity index (χ1n) is 11.4. The maximum absolute atomic E-state index is 12.9. The highest BCUT2D eigenvalue weighted by Crippen LogP contribution is 2.39. The zero-order valence-electron chi connectivity index (χ0n) is 18.1. The van der Waals surface area contributed by atoms with Crippen LogP contribution in [-0.2, 0) is 27.0 Å². The smallest absolute Gasteiger partial charge is 0.381 e. The molecular weight excluding hydrogens is 411 g/mol. The van der Waals surface area contributed by atoms with E-state index in [4.69, 9.17) is 9.47 Å². The van der Waals surface area contributed by atoms with Gasteiger partial charge in [-0.15, -0.1) is 0 Å². The summed E-state index contributed by atoms with van der Waals surface area (Å²) in [4.78, 5) is 14.4. The van der Waals surface area contributed by atoms with Crippen LogP contribution in [0.4, 0.5) is 13.2 Å². The number of halogens is 3. The van der Waals surface area contributed by atoms with Gasteiger partial charge in [0.05, 0.1) is 5.60 Å². The van der Waals surface area contributed by atoms with E-state index >= 15 is 0 Å². The Morgan fingerprint density at radius 2 is 2.00 bits per heavy atom. The van der Waals surface area contributed by atoms with E-state index in [2.05, 4.69) is 5.10 Å². The van der Waals surface area contributed by atoms with Gasteiger partial charge in [0, 0.05) is 38.6 Å². The summed E-state index contributed by atoms with van der Waals surface area (Å²) in [6.07, 6.45) is 2.74. The Morgan fingerprint density at radius 3 is 2.65 bits per heavy atom. The number of alkyl halides is 3. The van der Waals surface area contributed by atoms with Gasteiger partial charge in [-0.05, 0) is 69.8 Å². The molecule has 0 bridgehead atoms. The third-order valence-corrected chi connectivity index (χ3v) is 6.90. The molecule has 6 nitrogen and oxygen atoms in total. The zero-order valence-corrected chi connectivity index (χ0v) is 18.1. The van der Waals surface area contributed by atoms with Gasteiger partial charge >= 0.3 is 6.18 Å². The van der Waals surface area contributed by atoms with Crippen LogP contribution in [0.3, 0.4) is 0 Å². The summed E-state index contributed by atoms with van der Waals surface area (Å²) in [5.41, 5.74) is -0.809. The maximum atomic E-state index is 12.9. The summed E-state index contributed by atoms with van der Waals surface area (Å²) >= 11 is 0. The predicted octanol–water partition coefficient (Wildman–Crippen LogP) is 3.81. The first-order chi connectivity index (χ1) is 14.7. The van der Waals surface area contributed by atoms with Crippen molar-refractivity contribution in [3.05, 3.63) is 17.5 Å². The lowest BCUT2D eigenvalue weighted by Gasteiger charge is -2.46. The van der Waals surface area contributed by atoms with Crippen LogP contribution >= 0.6 is 0 Å². The number of aromatic nitrogens is 2. The fourth-order valence-electron chi connectivity index (χ4n) is 4.71. The number of rotatable bonds is 7. The van der Waals surface area contributed by atoms with E-state index in [-0.39, 0.29) is 18.1 Å². The van der Waals surface area contributed by atoms with E-state index in [1.807, 2.05) is 0 Å². The maximum Gasteiger partial charge on any atom is 0.435 e. The highest BCUT2D eigenvalue weighted by Gasteiger charge is 2.41. The second kappa shape index (κ2) is 9.10. The molecule has 2 saturated heterocycles. The second-order valence-corrected chi connectivity index (χ2v) is 9.40. The van der Waals surface area contributed by atoms with E-state index < -0.39 is 11.9 Å². The van der Waals surface area contributed by atoms with Crippen LogP contribution in [0, 0.1) is 18.8 Å². The highest BCUT2D eigenvalue weighted by atomic mass is 19.4. The molecule has 0 radical (unpaired) electrons. The quantitative estimate of drug-likeness (QED) is 0.602. The summed E-state index contributed by atoms with van der Waals surface area (Å²) in [6, 6.07) is 0.975. The van der Waals surface area contributed by atoms with Crippen molar-refractivity contribution in [1.29, 1.82) is 0 Å². The van der Waals surface area contributed by atoms with Gasteiger partial charge in [-0.2, -0.15) is 18.3 Å². The van der Waals surface area contributed by atoms with Crippen molar-refractivity contribution in [2.75, 3.05) is 32.9 Å². The standard InChI is InChI=1S/C22H32F3N3O3/c1-16-12-19(22(23,24)25)26-28(16)14-20(29)27-8-6-21(7-9-27)13-17(5-11-31-21)4-10-30-15-18-2-3-18/h12,17-18H,2-11,13-15H2,1H3. The van der Waals surface area contributed by atoms with Crippen LogP contribution in [-0.4, -0.2) is 59.1 Å². The van der Waals surface area contributed by atoms with Crippen LogP contribution in [0.1, 0.15) is 56.3 Å². The van der Waals surface area contributed by atoms with Gasteiger partial charge < -0.3 is 14.4 Å². The molecule has 0 N–H and O–H groups in total. The number of carbonyl (C=O) groups excluding carboxylic acids is 1. The fraction of sp³-hybridized carbons (Fsp3) is 0.818. The number of ether oxygens (including phenoxy) is 2. The van der Waals surface area contributed by atoms with Crippen molar-refractivity contribution in [1.82, 2.24) is 14.7 Å². The molecule has 3 heterocycles. The van der Waals surface area contributed by atoms with Crippen molar-refractivity contribution in [3.63, 3.8) is 0 Å². The molecule has 1 spiro atoms. The molecule has 9 heteroatoms. The summed E-state index contributed by atoms with van der Waals surface area (Å²) < 4.78 is 51.7. The Labute approximate surface area is 181 Å². The number of amides is 1. The molecule has 1 aromatic rings. The van der Waals surface area contributed by atoms with E-state index in [1.54, 1.807) is 4.90 Å². The molecule has 3 aliphatic rings. The molecule has 1 amide bonds. The third-order valence-electron chi connectivity index (χ3n) is 6.90. The summed E-state index contributed by atoms with van der Waals surface area (Å²) in [7, 11) is 0. The van der Waals surface area contributed by atoms with E-state index in [0.29, 0.717) is 24.7 Å². The second-order valence-electron chi connectivity index (χ2n) is 9.40. The minimum Gasteiger partial charge on any atom is -0.381 e. The highest BCUT2D eigenvalue weighted by molar-refractivity contribution is 5.76. The Kier molecular flexibility index (Phi) is 6.62. The van der Waals surface area contributed by atoms with Crippen molar-refractivity contribution < 1.29 is 27.4 Å². The summed E-state index contributed by atoms with van der Waals surface area (Å²) in [6.45, 7) is 4.94. The van der Waals surface area contributed by atoms with Gasteiger partial charge in [0.15, 0.2) is 5.69 Å². The van der Waals surface area contributed by atoms with Crippen molar-refractivity contribution in [2.45, 2.75) is 70.2 Å². The Balaban J connectivity index is 1.24. The van der Waals surface area contributed by atoms with Crippen molar-refractivity contribution >= 4 is 5.91 Å². The number of carbonyl (C=O) groups is 1. The lowest BCUT2D eigenvalue weighted by molar-refractivity contribution is -0.149. The van der Waals surface area contributed by atoms with E-state index in [9.17, 15) is 18.0 Å². The van der Waals surface area contributed by atoms with Crippen LogP contribution in [0.15, 0.2) is 6.07 Å². The molecule has 1 aliphatic carbocycles. The molecule has 174 valence electrons. The molecule has 1 unspecified atom stereocenters. The molecule has 0 aromatic carbocycles. The van der Waals surface area contributed by atoms with Crippen molar-refractivity contribution in [3.8, 4) is 0 Å². The molecule has 1 aromatic heterocycles. The Bertz CT molecular complexity index is 768. The summed E-state index contributed by atoms with van der Waals surface area (Å²) in [5.74, 6) is 1.17. The molecular formula is C22H32F3N3O3. The van der Waals surface area contributed by atoms with Gasteiger partial charge in [0.2, 0.25) is 5.91 Å². The first kappa shape index (κ1) is 22.6. The number of nitrogens with zero attached hydrogens (tertiary/aromatic N) is 3. The van der Waals surface area contributed by atoms with Crippen molar-refractivity contribution in [2.24, 2.45) is 11.8 Å². The Hall–Kier alpha value is -1.61. The predicted molar refractivity (Wildman–Crippen MR) is 107 cm³/mol. The fourth-order valence-corrected chi connectivity index (χ4v) is 4.71. The number of piperidine rings is 1. The Morgan fingerprint density at radius 1 is 1.26 bits per heavy atom. The van der Waals surface area contributed by atoms with E-state index in [0.717, 1.165) is 68.6 Å². The first-order valence-corrected chi connectivity index (χ1v) is 11.4. The average molecular weight is 444 g/mol. The van der Waals surface area contributed by atoms with E-state index in [1.165, 1.54) is 19.8 Å². The normalized spacial score (nSPS) is 24.0. The molecule has 3 fully saturated rings. The van der Waals surface area contributed by atoms with Crippen LogP contribution in [0.2, 0.25) is 0 Å². The van der Waals surface area contributed by atoms with Gasteiger partial charge in [-0.3, -0.25) is 9.48 Å². The molecule has 1 atom stereocenters. The number of aryl methyl sites for hydroxylation is 1. The zero-order chi connectivity index (χ0) is 22.1. The number of hydrogen-bond donors (Lipinski definition) is 0. The van der Waals surface area contributed by atoms with Crippen LogP contribution in [0.25, 0.3) is 0 Å². The van der Waals surface area contributed by atoms with Crippen LogP contribution < -0.4 is 0 Å². The molecule has 31 heavy (non-hydrogen) atoms. The largest absolute Gasteiger partial charge is 0.435 e. The molecule has 2 aliphatic heterocycles. The average Bonchev–Trinajstić information content (AvgIpc) is 3.47. The van der Waals surface area contributed by atoms with Gasteiger partial charge in [-0.25, -0.2) is 0 Å². The third kappa shape index (κ3) is 5.80. The molecule has 4 rings (SSSR count). The minimum atomic E-state index is -4.51. The SMILES string of the molecule is Cc1cc(C(F)(F)F)nn1CC(=O)N1CCC2(CC1)CC(CCOCC1CC1)CCO2. The summed E-state index contributed by atoms with van der Waals surface area (Å²) in [5, 5.41) is 3.57. The lowest BCUT2D eigenvalue weighted by Crippen LogP contribution is -2.51. The topological polar surface area (TPSA) is 56.6 Å². The van der Waals surface area contributed by atoms with Gasteiger partial charge in [-0.1, -0.05) is 0 Å². The van der Waals surface area contributed by atoms with Gasteiger partial charge in [0.1, 0.15) is 6.54 Å². The number of likely N-dealkylation sites (tertiary alicyclic amines) is 1. The molecule has 1 saturated carbocycles. The minimum absolute atomic E-state index is 0.170. The number of hydrogen-bond acceptors (Lipinski definition) is 4. The van der Waals surface area contributed by atoms with Gasteiger partial charge in [0.25, 0.3) is 0 Å². The van der Waals surface area contributed by atoms with Crippen LogP contribution in [0.5, 0.6) is 0 Å².